The maximum Gasteiger partial charge on any atom is 0.407 e. The number of carbonyl (C=O) groups excluding carboxylic acids is 1. The lowest BCUT2D eigenvalue weighted by molar-refractivity contribution is -0.577. The SMILES string of the molecule is COC(=O)N[C@H]1CCC[C@@H]1C(c1cccc(F)c1)(C1CCN(CC2CN(c3ccc(S(=O)(=O)/C(C=N)=C/[NH2+]C/C=C/S(C)(=O)=O)cc3F)C2)CC1)n1ccnc1C. The van der Waals surface area contributed by atoms with Gasteiger partial charge in [0, 0.05) is 67.8 Å². The number of allylic oxidation sites excluding steroid dienone is 1. The molecule has 0 spiro atoms. The number of anilines is 1. The molecule has 0 radical (unpaired) electrons. The predicted molar refractivity (Wildman–Crippen MR) is 213 cm³/mol. The van der Waals surface area contributed by atoms with Crippen molar-refractivity contribution in [1.82, 2.24) is 19.8 Å². The summed E-state index contributed by atoms with van der Waals surface area (Å²) in [5.74, 6) is 0.172. The van der Waals surface area contributed by atoms with Crippen molar-refractivity contribution in [3.63, 3.8) is 0 Å². The Kier molecular flexibility index (Phi) is 13.0. The molecule has 13 nitrogen and oxygen atoms in total. The number of carbonyl (C=O) groups is 1. The van der Waals surface area contributed by atoms with Gasteiger partial charge in [0.05, 0.1) is 29.8 Å². The van der Waals surface area contributed by atoms with Gasteiger partial charge < -0.3 is 35.1 Å². The highest BCUT2D eigenvalue weighted by Crippen LogP contribution is 2.52. The van der Waals surface area contributed by atoms with Crippen LogP contribution in [0.15, 0.2) is 82.3 Å². The van der Waals surface area contributed by atoms with Crippen molar-refractivity contribution < 1.29 is 40.5 Å². The molecule has 17 heteroatoms. The Hall–Kier alpha value is -4.45. The van der Waals surface area contributed by atoms with Crippen molar-refractivity contribution in [3.05, 3.63) is 100 Å². The van der Waals surface area contributed by atoms with Crippen molar-refractivity contribution in [2.45, 2.75) is 55.5 Å². The quantitative estimate of drug-likeness (QED) is 0.152. The average Bonchev–Trinajstić information content (AvgIpc) is 3.81. The smallest absolute Gasteiger partial charge is 0.407 e. The first kappa shape index (κ1) is 42.2. The van der Waals surface area contributed by atoms with Gasteiger partial charge in [-0.2, -0.15) is 0 Å². The fraction of sp³-hybridized carbons (Fsp3) is 0.475. The van der Waals surface area contributed by atoms with E-state index in [-0.39, 0.29) is 46.0 Å². The zero-order valence-electron chi connectivity index (χ0n) is 32.5. The minimum atomic E-state index is -4.19. The number of nitrogens with zero attached hydrogens (tertiary/aromatic N) is 4. The Morgan fingerprint density at radius 2 is 1.84 bits per heavy atom. The standard InChI is InChI=1S/C40H51F2N7O6S2/c1-28-45-16-19-49(28)40(31-7-4-8-32(41)21-31,35-9-5-10-37(35)46-39(50)55-2)30-13-17-47(18-14-30)25-29-26-48(27-29)38-12-11-33(22-36(38)42)57(53,54)34(23-43)24-44-15-6-20-56(3,51)52/h4,6-8,11-12,16,19-24,29-30,35,37,43-44H,5,9-10,13-15,17-18,25-27H2,1-3H3,(H,46,50)/p+1/b20-6+,34-24+,43-23?/t35-,37-,40?/m0/s1. The molecule has 1 aromatic heterocycles. The van der Waals surface area contributed by atoms with Gasteiger partial charge >= 0.3 is 6.09 Å². The molecule has 6 rings (SSSR count). The Morgan fingerprint density at radius 1 is 1.09 bits per heavy atom. The van der Waals surface area contributed by atoms with Gasteiger partial charge in [-0.3, -0.25) is 0 Å². The summed E-state index contributed by atoms with van der Waals surface area (Å²) in [6, 6.07) is 10.5. The molecular formula is C40H52F2N7O6S2+. The highest BCUT2D eigenvalue weighted by atomic mass is 32.2. The number of nitrogens with two attached hydrogens (primary N) is 1. The number of halogens is 2. The fourth-order valence-corrected chi connectivity index (χ4v) is 10.9. The molecule has 3 fully saturated rings. The molecule has 1 aliphatic carbocycles. The van der Waals surface area contributed by atoms with Crippen molar-refractivity contribution in [2.75, 3.05) is 57.5 Å². The van der Waals surface area contributed by atoms with Crippen molar-refractivity contribution in [2.24, 2.45) is 17.8 Å². The molecule has 3 heterocycles. The van der Waals surface area contributed by atoms with E-state index in [4.69, 9.17) is 10.1 Å². The van der Waals surface area contributed by atoms with Crippen molar-refractivity contribution in [1.29, 1.82) is 5.41 Å². The largest absolute Gasteiger partial charge is 0.453 e. The first-order valence-corrected chi connectivity index (χ1v) is 22.6. The van der Waals surface area contributed by atoms with Crippen molar-refractivity contribution in [3.8, 4) is 0 Å². The highest BCUT2D eigenvalue weighted by molar-refractivity contribution is 7.96. The van der Waals surface area contributed by atoms with Crippen LogP contribution in [0.3, 0.4) is 0 Å². The molecule has 3 aromatic rings. The number of ether oxygens (including phenoxy) is 1. The molecular weight excluding hydrogens is 777 g/mol. The zero-order chi connectivity index (χ0) is 41.0. The summed E-state index contributed by atoms with van der Waals surface area (Å²) in [4.78, 5) is 20.9. The summed E-state index contributed by atoms with van der Waals surface area (Å²) < 4.78 is 86.7. The van der Waals surface area contributed by atoms with E-state index in [1.165, 1.54) is 42.9 Å². The summed E-state index contributed by atoms with van der Waals surface area (Å²) >= 11 is 0. The van der Waals surface area contributed by atoms with Gasteiger partial charge in [0.15, 0.2) is 9.84 Å². The summed E-state index contributed by atoms with van der Waals surface area (Å²) in [5.41, 5.74) is 0.500. The van der Waals surface area contributed by atoms with Crippen LogP contribution in [0.4, 0.5) is 19.3 Å². The molecule has 1 saturated carbocycles. The summed E-state index contributed by atoms with van der Waals surface area (Å²) in [5, 5.41) is 13.2. The van der Waals surface area contributed by atoms with Crippen molar-refractivity contribution >= 4 is 37.7 Å². The summed E-state index contributed by atoms with van der Waals surface area (Å²) in [6.07, 6.45) is 11.8. The van der Waals surface area contributed by atoms with Crippen LogP contribution in [0.1, 0.15) is 43.5 Å². The van der Waals surface area contributed by atoms with Gasteiger partial charge in [-0.1, -0.05) is 18.6 Å². The molecule has 308 valence electrons. The molecule has 4 N–H and O–H groups in total. The van der Waals surface area contributed by atoms with E-state index >= 15 is 8.78 Å². The van der Waals surface area contributed by atoms with Gasteiger partial charge in [-0.05, 0) is 93.6 Å². The third kappa shape index (κ3) is 9.16. The number of hydrogen-bond acceptors (Lipinski definition) is 10. The number of benzene rings is 2. The van der Waals surface area contributed by atoms with Gasteiger partial charge in [0.2, 0.25) is 9.84 Å². The Bertz CT molecular complexity index is 2220. The molecule has 57 heavy (non-hydrogen) atoms. The van der Waals surface area contributed by atoms with Gasteiger partial charge in [0.25, 0.3) is 0 Å². The van der Waals surface area contributed by atoms with Gasteiger partial charge in [-0.15, -0.1) is 0 Å². The van der Waals surface area contributed by atoms with Crippen LogP contribution >= 0.6 is 0 Å². The number of aryl methyl sites for hydroxylation is 1. The number of imidazole rings is 1. The summed E-state index contributed by atoms with van der Waals surface area (Å²) in [6.45, 7) is 5.75. The second-order valence-corrected chi connectivity index (χ2v) is 19.2. The fourth-order valence-electron chi connectivity index (χ4n) is 9.20. The molecule has 3 aliphatic rings. The maximum atomic E-state index is 15.5. The molecule has 1 unspecified atom stereocenters. The molecule has 2 aromatic carbocycles. The van der Waals surface area contributed by atoms with Crippen LogP contribution in [0.5, 0.6) is 0 Å². The van der Waals surface area contributed by atoms with E-state index in [2.05, 4.69) is 19.8 Å². The maximum absolute atomic E-state index is 15.5. The number of aromatic nitrogens is 2. The van der Waals surface area contributed by atoms with Crippen LogP contribution in [0.25, 0.3) is 0 Å². The van der Waals surface area contributed by atoms with Gasteiger partial charge in [0.1, 0.15) is 28.6 Å². The number of sulfone groups is 2. The molecule has 1 amide bonds. The second-order valence-electron chi connectivity index (χ2n) is 15.3. The molecule has 2 aliphatic heterocycles. The molecule has 0 bridgehead atoms. The number of hydrogen-bond donors (Lipinski definition) is 3. The first-order chi connectivity index (χ1) is 27.2. The van der Waals surface area contributed by atoms with Crippen LogP contribution in [0.2, 0.25) is 0 Å². The van der Waals surface area contributed by atoms with E-state index in [1.807, 2.05) is 24.1 Å². The Balaban J connectivity index is 1.12. The number of amides is 1. The number of rotatable bonds is 15. The third-order valence-corrected chi connectivity index (χ3v) is 14.1. The average molecular weight is 829 g/mol. The van der Waals surface area contributed by atoms with E-state index in [0.29, 0.717) is 25.0 Å². The van der Waals surface area contributed by atoms with E-state index in [9.17, 15) is 21.6 Å². The summed E-state index contributed by atoms with van der Waals surface area (Å²) in [7, 11) is -6.14. The van der Waals surface area contributed by atoms with Crippen LogP contribution in [-0.2, 0) is 30.0 Å². The topological polar surface area (TPSA) is 171 Å². The van der Waals surface area contributed by atoms with E-state index in [1.54, 1.807) is 18.3 Å². The first-order valence-electron chi connectivity index (χ1n) is 19.2. The molecule has 2 saturated heterocycles. The number of quaternary nitrogens is 1. The van der Waals surface area contributed by atoms with Gasteiger partial charge in [-0.25, -0.2) is 35.4 Å². The van der Waals surface area contributed by atoms with E-state index < -0.39 is 37.1 Å². The van der Waals surface area contributed by atoms with Crippen LogP contribution < -0.4 is 15.5 Å². The van der Waals surface area contributed by atoms with Crippen LogP contribution in [-0.4, -0.2) is 102 Å². The number of alkyl carbamates (subject to hydrolysis) is 1. The Morgan fingerprint density at radius 3 is 2.47 bits per heavy atom. The van der Waals surface area contributed by atoms with E-state index in [0.717, 1.165) is 80.9 Å². The predicted octanol–water partition coefficient (Wildman–Crippen LogP) is 3.97. The minimum Gasteiger partial charge on any atom is -0.453 e. The Labute approximate surface area is 333 Å². The number of nitrogens with one attached hydrogen (secondary N) is 2. The number of methoxy groups -OCH3 is 1. The zero-order valence-corrected chi connectivity index (χ0v) is 34.1. The highest BCUT2D eigenvalue weighted by Gasteiger charge is 2.54. The second kappa shape index (κ2) is 17.6. The third-order valence-electron chi connectivity index (χ3n) is 11.7. The molecule has 3 atom stereocenters. The number of likely N-dealkylation sites (tertiary alicyclic amines) is 1. The monoisotopic (exact) mass is 828 g/mol. The lowest BCUT2D eigenvalue weighted by Gasteiger charge is -2.52. The lowest BCUT2D eigenvalue weighted by Crippen LogP contribution is -2.78. The normalized spacial score (nSPS) is 21.4. The minimum absolute atomic E-state index is 0.0403. The number of piperidine rings is 1. The lowest BCUT2D eigenvalue weighted by atomic mass is 9.64. The van der Waals surface area contributed by atoms with Crippen LogP contribution in [0, 0.1) is 41.7 Å².